The predicted molar refractivity (Wildman–Crippen MR) is 64.5 cm³/mol. The highest BCUT2D eigenvalue weighted by Gasteiger charge is 2.06. The van der Waals surface area contributed by atoms with Crippen molar-refractivity contribution in [2.75, 3.05) is 12.8 Å². The van der Waals surface area contributed by atoms with E-state index in [9.17, 15) is 0 Å². The van der Waals surface area contributed by atoms with Gasteiger partial charge in [0, 0.05) is 11.5 Å². The Kier molecular flexibility index (Phi) is 2.90. The van der Waals surface area contributed by atoms with Crippen LogP contribution in [0.1, 0.15) is 19.0 Å². The van der Waals surface area contributed by atoms with Gasteiger partial charge in [0.1, 0.15) is 5.75 Å². The van der Waals surface area contributed by atoms with Gasteiger partial charge in [-0.25, -0.2) is 9.97 Å². The minimum absolute atomic E-state index is 0.323. The van der Waals surface area contributed by atoms with Crippen molar-refractivity contribution in [3.63, 3.8) is 0 Å². The molecule has 1 aromatic carbocycles. The van der Waals surface area contributed by atoms with E-state index < -0.39 is 0 Å². The Morgan fingerprint density at radius 1 is 1.31 bits per heavy atom. The summed E-state index contributed by atoms with van der Waals surface area (Å²) < 4.78 is 5.16. The van der Waals surface area contributed by atoms with E-state index in [-0.39, 0.29) is 0 Å². The third-order valence-corrected chi connectivity index (χ3v) is 2.49. The van der Waals surface area contributed by atoms with Crippen LogP contribution in [-0.4, -0.2) is 17.1 Å². The lowest BCUT2D eigenvalue weighted by atomic mass is 10.1. The highest BCUT2D eigenvalue weighted by Crippen LogP contribution is 2.22. The van der Waals surface area contributed by atoms with E-state index >= 15 is 0 Å². The van der Waals surface area contributed by atoms with Gasteiger partial charge in [-0.05, 0) is 18.6 Å². The fourth-order valence-corrected chi connectivity index (χ4v) is 1.75. The summed E-state index contributed by atoms with van der Waals surface area (Å²) >= 11 is 0. The zero-order valence-electron chi connectivity index (χ0n) is 9.53. The molecule has 2 rings (SSSR count). The van der Waals surface area contributed by atoms with Crippen LogP contribution in [0.2, 0.25) is 0 Å². The van der Waals surface area contributed by atoms with Crippen molar-refractivity contribution in [2.24, 2.45) is 0 Å². The molecule has 0 aliphatic carbocycles. The van der Waals surface area contributed by atoms with E-state index in [0.717, 1.165) is 35.2 Å². The minimum atomic E-state index is 0.323. The number of aromatic nitrogens is 2. The van der Waals surface area contributed by atoms with Gasteiger partial charge in [0.25, 0.3) is 0 Å². The van der Waals surface area contributed by atoms with Crippen molar-refractivity contribution in [3.05, 3.63) is 23.9 Å². The van der Waals surface area contributed by atoms with Crippen LogP contribution in [-0.2, 0) is 6.42 Å². The number of anilines is 1. The first kappa shape index (κ1) is 10.7. The van der Waals surface area contributed by atoms with Crippen LogP contribution in [0.3, 0.4) is 0 Å². The fourth-order valence-electron chi connectivity index (χ4n) is 1.75. The number of rotatable bonds is 3. The molecule has 0 spiro atoms. The van der Waals surface area contributed by atoms with Crippen molar-refractivity contribution in [1.82, 2.24) is 9.97 Å². The van der Waals surface area contributed by atoms with Crippen LogP contribution in [0.5, 0.6) is 5.75 Å². The number of hydrogen-bond acceptors (Lipinski definition) is 4. The molecule has 0 aliphatic rings. The van der Waals surface area contributed by atoms with E-state index in [2.05, 4.69) is 16.9 Å². The second kappa shape index (κ2) is 4.35. The maximum Gasteiger partial charge on any atom is 0.220 e. The SMILES string of the molecule is CCCc1nc(N)nc2cc(OC)ccc12. The molecular weight excluding hydrogens is 202 g/mol. The summed E-state index contributed by atoms with van der Waals surface area (Å²) in [4.78, 5) is 8.49. The predicted octanol–water partition coefficient (Wildman–Crippen LogP) is 2.17. The summed E-state index contributed by atoms with van der Waals surface area (Å²) in [6.45, 7) is 2.12. The molecule has 2 N–H and O–H groups in total. The van der Waals surface area contributed by atoms with Gasteiger partial charge >= 0.3 is 0 Å². The molecule has 0 fully saturated rings. The summed E-state index contributed by atoms with van der Waals surface area (Å²) in [5, 5.41) is 1.05. The van der Waals surface area contributed by atoms with Crippen molar-refractivity contribution < 1.29 is 4.74 Å². The molecule has 1 heterocycles. The van der Waals surface area contributed by atoms with Gasteiger partial charge in [0.2, 0.25) is 5.95 Å². The van der Waals surface area contributed by atoms with Crippen LogP contribution in [0.15, 0.2) is 18.2 Å². The maximum absolute atomic E-state index is 5.68. The molecule has 0 aliphatic heterocycles. The third kappa shape index (κ3) is 1.91. The number of fused-ring (bicyclic) bond motifs is 1. The molecule has 4 nitrogen and oxygen atoms in total. The average molecular weight is 217 g/mol. The molecule has 0 saturated carbocycles. The number of ether oxygens (including phenoxy) is 1. The molecule has 0 saturated heterocycles. The number of hydrogen-bond donors (Lipinski definition) is 1. The number of aryl methyl sites for hydroxylation is 1. The molecule has 84 valence electrons. The van der Waals surface area contributed by atoms with Crippen LogP contribution < -0.4 is 10.5 Å². The standard InChI is InChI=1S/C12H15N3O/c1-3-4-10-9-6-5-8(16-2)7-11(9)15-12(13)14-10/h5-7H,3-4H2,1-2H3,(H2,13,14,15). The second-order valence-corrected chi connectivity index (χ2v) is 3.66. The molecule has 0 radical (unpaired) electrons. The molecule has 0 unspecified atom stereocenters. The first-order valence-electron chi connectivity index (χ1n) is 5.34. The zero-order chi connectivity index (χ0) is 11.5. The van der Waals surface area contributed by atoms with Crippen LogP contribution >= 0.6 is 0 Å². The van der Waals surface area contributed by atoms with Gasteiger partial charge in [0.05, 0.1) is 18.3 Å². The van der Waals surface area contributed by atoms with E-state index in [1.165, 1.54) is 0 Å². The fraction of sp³-hybridized carbons (Fsp3) is 0.333. The smallest absolute Gasteiger partial charge is 0.220 e. The first-order valence-corrected chi connectivity index (χ1v) is 5.34. The second-order valence-electron chi connectivity index (χ2n) is 3.66. The molecule has 0 amide bonds. The van der Waals surface area contributed by atoms with Crippen molar-refractivity contribution in [1.29, 1.82) is 0 Å². The van der Waals surface area contributed by atoms with Gasteiger partial charge in [-0.2, -0.15) is 0 Å². The largest absolute Gasteiger partial charge is 0.497 e. The number of nitrogen functional groups attached to an aromatic ring is 1. The van der Waals surface area contributed by atoms with Gasteiger partial charge in [-0.3, -0.25) is 0 Å². The molecule has 0 atom stereocenters. The number of nitrogens with two attached hydrogens (primary N) is 1. The van der Waals surface area contributed by atoms with Crippen LogP contribution in [0.4, 0.5) is 5.95 Å². The van der Waals surface area contributed by atoms with E-state index in [0.29, 0.717) is 5.95 Å². The van der Waals surface area contributed by atoms with Gasteiger partial charge < -0.3 is 10.5 Å². The van der Waals surface area contributed by atoms with Crippen molar-refractivity contribution in [2.45, 2.75) is 19.8 Å². The number of methoxy groups -OCH3 is 1. The quantitative estimate of drug-likeness (QED) is 0.855. The Bertz CT molecular complexity index is 511. The summed E-state index contributed by atoms with van der Waals surface area (Å²) in [7, 11) is 1.64. The van der Waals surface area contributed by atoms with Crippen LogP contribution in [0.25, 0.3) is 10.9 Å². The lowest BCUT2D eigenvalue weighted by Crippen LogP contribution is -2.00. The van der Waals surface area contributed by atoms with Gasteiger partial charge in [0.15, 0.2) is 0 Å². The summed E-state index contributed by atoms with van der Waals surface area (Å²) in [5.74, 6) is 1.11. The number of nitrogens with zero attached hydrogens (tertiary/aromatic N) is 2. The Labute approximate surface area is 94.5 Å². The van der Waals surface area contributed by atoms with E-state index in [1.54, 1.807) is 7.11 Å². The monoisotopic (exact) mass is 217 g/mol. The summed E-state index contributed by atoms with van der Waals surface area (Å²) in [6, 6.07) is 5.78. The average Bonchev–Trinajstić information content (AvgIpc) is 2.28. The zero-order valence-corrected chi connectivity index (χ0v) is 9.53. The molecule has 0 bridgehead atoms. The van der Waals surface area contributed by atoms with Gasteiger partial charge in [-0.15, -0.1) is 0 Å². The van der Waals surface area contributed by atoms with Crippen molar-refractivity contribution >= 4 is 16.9 Å². The normalized spacial score (nSPS) is 10.6. The molecule has 4 heteroatoms. The summed E-state index contributed by atoms with van der Waals surface area (Å²) in [6.07, 6.45) is 1.95. The third-order valence-electron chi connectivity index (χ3n) is 2.49. The Balaban J connectivity index is 2.63. The lowest BCUT2D eigenvalue weighted by Gasteiger charge is -2.07. The van der Waals surface area contributed by atoms with Crippen LogP contribution in [0, 0.1) is 0 Å². The maximum atomic E-state index is 5.68. The Morgan fingerprint density at radius 3 is 2.81 bits per heavy atom. The van der Waals surface area contributed by atoms with Gasteiger partial charge in [-0.1, -0.05) is 13.3 Å². The van der Waals surface area contributed by atoms with E-state index in [1.807, 2.05) is 18.2 Å². The highest BCUT2D eigenvalue weighted by molar-refractivity contribution is 5.83. The van der Waals surface area contributed by atoms with Crippen molar-refractivity contribution in [3.8, 4) is 5.75 Å². The van der Waals surface area contributed by atoms with E-state index in [4.69, 9.17) is 10.5 Å². The summed E-state index contributed by atoms with van der Waals surface area (Å²) in [5.41, 5.74) is 7.53. The lowest BCUT2D eigenvalue weighted by molar-refractivity contribution is 0.415. The molecule has 1 aromatic heterocycles. The first-order chi connectivity index (χ1) is 7.74. The Hall–Kier alpha value is -1.84. The minimum Gasteiger partial charge on any atom is -0.497 e. The topological polar surface area (TPSA) is 61.0 Å². The highest BCUT2D eigenvalue weighted by atomic mass is 16.5. The molecule has 2 aromatic rings. The molecular formula is C12H15N3O. The number of benzene rings is 1. The Morgan fingerprint density at radius 2 is 2.12 bits per heavy atom. The molecule has 16 heavy (non-hydrogen) atoms.